The first-order chi connectivity index (χ1) is 19.0. The van der Waals surface area contributed by atoms with Crippen LogP contribution in [0.15, 0.2) is 97.2 Å². The van der Waals surface area contributed by atoms with Gasteiger partial charge in [-0.2, -0.15) is 0 Å². The lowest BCUT2D eigenvalue weighted by Crippen LogP contribution is -2.29. The van der Waals surface area contributed by atoms with Gasteiger partial charge in [0.2, 0.25) is 5.91 Å². The lowest BCUT2D eigenvalue weighted by Gasteiger charge is -2.08. The zero-order valence-electron chi connectivity index (χ0n) is 22.8. The number of nitrogens with one attached hydrogen (secondary N) is 2. The van der Waals surface area contributed by atoms with Crippen LogP contribution in [0.1, 0.15) is 58.3 Å². The van der Waals surface area contributed by atoms with E-state index in [1.54, 1.807) is 0 Å². The van der Waals surface area contributed by atoms with Gasteiger partial charge in [-0.15, -0.1) is 0 Å². The smallest absolute Gasteiger partial charge is 0.305 e. The highest BCUT2D eigenvalue weighted by molar-refractivity contribution is 7.37. The van der Waals surface area contributed by atoms with Crippen molar-refractivity contribution in [1.29, 1.82) is 0 Å². The molecule has 8 nitrogen and oxygen atoms in total. The number of amides is 1. The van der Waals surface area contributed by atoms with E-state index < -0.39 is 13.1 Å². The van der Waals surface area contributed by atoms with Crippen LogP contribution in [0.3, 0.4) is 0 Å². The van der Waals surface area contributed by atoms with Crippen LogP contribution >= 0.6 is 8.18 Å². The van der Waals surface area contributed by atoms with Gasteiger partial charge >= 0.3 is 8.18 Å². The molecule has 1 rings (SSSR count). The Morgan fingerprint density at radius 3 is 1.79 bits per heavy atom. The molecule has 0 fully saturated rings. The number of non-ortho nitro benzene ring substituents is 1. The summed E-state index contributed by atoms with van der Waals surface area (Å²) in [5.41, 5.74) is -0.0679. The van der Waals surface area contributed by atoms with Crippen LogP contribution < -0.4 is 14.9 Å². The molecule has 39 heavy (non-hydrogen) atoms. The predicted octanol–water partition coefficient (Wildman–Crippen LogP) is 7.55. The van der Waals surface area contributed by atoms with Crippen molar-refractivity contribution >= 4 is 19.8 Å². The van der Waals surface area contributed by atoms with Gasteiger partial charge in [-0.25, -0.2) is 5.09 Å². The number of carbonyl (C=O) groups excluding carboxylic acids is 1. The Morgan fingerprint density at radius 2 is 1.31 bits per heavy atom. The fraction of sp³-hybridized carbons (Fsp3) is 0.367. The average Bonchev–Trinajstić information content (AvgIpc) is 2.92. The molecule has 0 aliphatic heterocycles. The molecule has 212 valence electrons. The summed E-state index contributed by atoms with van der Waals surface area (Å²) in [6.45, 7) is 2.75. The van der Waals surface area contributed by atoms with Crippen molar-refractivity contribution in [2.75, 3.05) is 13.1 Å². The first-order valence-electron chi connectivity index (χ1n) is 13.4. The molecular weight excluding hydrogens is 513 g/mol. The van der Waals surface area contributed by atoms with E-state index in [4.69, 9.17) is 4.52 Å². The van der Waals surface area contributed by atoms with Crippen molar-refractivity contribution in [3.8, 4) is 5.75 Å². The van der Waals surface area contributed by atoms with Crippen LogP contribution in [0.25, 0.3) is 0 Å². The summed E-state index contributed by atoms with van der Waals surface area (Å²) in [4.78, 5) is 22.0. The van der Waals surface area contributed by atoms with Gasteiger partial charge in [0.15, 0.2) is 0 Å². The van der Waals surface area contributed by atoms with E-state index in [0.29, 0.717) is 19.4 Å². The van der Waals surface area contributed by atoms with Gasteiger partial charge in [-0.05, 0) is 57.1 Å². The van der Waals surface area contributed by atoms with Gasteiger partial charge in [0, 0.05) is 31.6 Å². The fourth-order valence-electron chi connectivity index (χ4n) is 3.09. The van der Waals surface area contributed by atoms with Crippen LogP contribution in [-0.4, -0.2) is 23.9 Å². The van der Waals surface area contributed by atoms with E-state index in [0.717, 1.165) is 38.5 Å². The molecule has 0 saturated heterocycles. The van der Waals surface area contributed by atoms with Crippen molar-refractivity contribution in [1.82, 2.24) is 10.4 Å². The van der Waals surface area contributed by atoms with Crippen LogP contribution in [0.5, 0.6) is 5.75 Å². The van der Waals surface area contributed by atoms with E-state index in [2.05, 4.69) is 78.1 Å². The monoisotopic (exact) mass is 555 g/mol. The van der Waals surface area contributed by atoms with Crippen LogP contribution in [0.4, 0.5) is 5.69 Å². The van der Waals surface area contributed by atoms with Crippen LogP contribution in [0, 0.1) is 10.1 Å². The summed E-state index contributed by atoms with van der Waals surface area (Å²) in [6.07, 6.45) is 32.6. The van der Waals surface area contributed by atoms with Crippen LogP contribution in [0.2, 0.25) is 0 Å². The topological polar surface area (TPSA) is 111 Å². The van der Waals surface area contributed by atoms with Gasteiger partial charge in [0.05, 0.1) is 4.92 Å². The highest BCUT2D eigenvalue weighted by atomic mass is 31.1. The number of benzene rings is 1. The third-order valence-electron chi connectivity index (χ3n) is 5.11. The number of hydrogen-bond acceptors (Lipinski definition) is 5. The first-order valence-corrected chi connectivity index (χ1v) is 14.7. The number of nitrogens with zero attached hydrogens (tertiary/aromatic N) is 1. The molecule has 0 aliphatic rings. The second kappa shape index (κ2) is 23.6. The number of carbonyl (C=O) groups is 1. The van der Waals surface area contributed by atoms with Gasteiger partial charge < -0.3 is 9.84 Å². The maximum Gasteiger partial charge on any atom is 0.305 e. The number of allylic oxidation sites excluding steroid dienone is 12. The lowest BCUT2D eigenvalue weighted by atomic mass is 10.2. The second-order valence-corrected chi connectivity index (χ2v) is 9.50. The third-order valence-corrected chi connectivity index (χ3v) is 6.07. The molecule has 2 N–H and O–H groups in total. The van der Waals surface area contributed by atoms with Crippen molar-refractivity contribution in [2.45, 2.75) is 58.3 Å². The normalized spacial score (nSPS) is 13.1. The van der Waals surface area contributed by atoms with Crippen molar-refractivity contribution in [3.63, 3.8) is 0 Å². The quantitative estimate of drug-likeness (QED) is 0.0533. The zero-order chi connectivity index (χ0) is 28.4. The molecule has 9 heteroatoms. The molecule has 0 radical (unpaired) electrons. The number of nitro groups is 1. The number of nitro benzene ring substituents is 1. The predicted molar refractivity (Wildman–Crippen MR) is 161 cm³/mol. The Morgan fingerprint density at radius 1 is 0.821 bits per heavy atom. The highest BCUT2D eigenvalue weighted by Gasteiger charge is 2.06. The minimum Gasteiger partial charge on any atom is -0.434 e. The van der Waals surface area contributed by atoms with Gasteiger partial charge in [-0.3, -0.25) is 19.5 Å². The summed E-state index contributed by atoms with van der Waals surface area (Å²) in [5.74, 6) is 0.199. The van der Waals surface area contributed by atoms with E-state index in [1.807, 2.05) is 12.2 Å². The third kappa shape index (κ3) is 20.2. The molecule has 0 aliphatic carbocycles. The molecule has 0 heterocycles. The SMILES string of the molecule is CC/C=C\C/C=C\C/C=C\C/C=C\C/C=C\C/C=C\CCC(=O)NCCN[PH](=O)Oc1ccc([N+](=O)[O-])cc1. The Bertz CT molecular complexity index is 1030. The summed E-state index contributed by atoms with van der Waals surface area (Å²) in [6, 6.07) is 5.34. The van der Waals surface area contributed by atoms with Gasteiger partial charge in [-0.1, -0.05) is 79.8 Å². The van der Waals surface area contributed by atoms with E-state index in [1.165, 1.54) is 24.3 Å². The van der Waals surface area contributed by atoms with Gasteiger partial charge in [0.25, 0.3) is 5.69 Å². The minimum absolute atomic E-state index is 0.0679. The molecule has 1 aromatic rings. The Kier molecular flexibility index (Phi) is 20.3. The average molecular weight is 556 g/mol. The molecule has 0 saturated carbocycles. The minimum atomic E-state index is -2.57. The molecule has 0 spiro atoms. The van der Waals surface area contributed by atoms with Crippen molar-refractivity contribution < 1.29 is 18.8 Å². The summed E-state index contributed by atoms with van der Waals surface area (Å²) >= 11 is 0. The standard InChI is InChI=1S/C30H42N3O5P/c1-2-3-4-5-6-7-8-9-10-11-12-13-14-15-16-17-18-19-20-21-30(34)31-26-27-32-39(37)38-29-24-22-28(23-25-29)33(35)36/h3-4,6-7,9-10,12-13,15-16,18-19,22-25,39H,2,5,8,11,14,17,20-21,26-27H2,1H3,(H,31,34)(H,32,37)/b4-3-,7-6-,10-9-,13-12-,16-15-,19-18-. The molecule has 1 amide bonds. The van der Waals surface area contributed by atoms with Crippen LogP contribution in [-0.2, 0) is 9.36 Å². The first kappa shape index (κ1) is 33.5. The molecule has 1 atom stereocenters. The summed E-state index contributed by atoms with van der Waals surface area (Å²) < 4.78 is 17.1. The van der Waals surface area contributed by atoms with Gasteiger partial charge in [0.1, 0.15) is 5.75 Å². The van der Waals surface area contributed by atoms with Crippen molar-refractivity contribution in [2.24, 2.45) is 0 Å². The molecule has 1 aromatic carbocycles. The molecular formula is C30H42N3O5P. The Hall–Kier alpha value is -3.48. The number of rotatable bonds is 21. The molecule has 0 aromatic heterocycles. The Balaban J connectivity index is 2.00. The largest absolute Gasteiger partial charge is 0.434 e. The fourth-order valence-corrected chi connectivity index (χ4v) is 3.84. The van der Waals surface area contributed by atoms with E-state index in [9.17, 15) is 19.5 Å². The molecule has 0 bridgehead atoms. The van der Waals surface area contributed by atoms with E-state index in [-0.39, 0.29) is 23.9 Å². The second-order valence-electron chi connectivity index (χ2n) is 8.37. The maximum atomic E-state index is 11.9. The number of hydrogen-bond donors (Lipinski definition) is 2. The maximum absolute atomic E-state index is 11.9. The lowest BCUT2D eigenvalue weighted by molar-refractivity contribution is -0.384. The summed E-state index contributed by atoms with van der Waals surface area (Å²) in [5, 5.41) is 16.1. The zero-order valence-corrected chi connectivity index (χ0v) is 23.8. The van der Waals surface area contributed by atoms with Crippen molar-refractivity contribution in [3.05, 3.63) is 107 Å². The summed E-state index contributed by atoms with van der Waals surface area (Å²) in [7, 11) is -2.57. The highest BCUT2D eigenvalue weighted by Crippen LogP contribution is 2.25. The Labute approximate surface area is 233 Å². The van der Waals surface area contributed by atoms with E-state index >= 15 is 0 Å². The molecule has 1 unspecified atom stereocenters.